The molecule has 1 aromatic heterocycles. The lowest BCUT2D eigenvalue weighted by Crippen LogP contribution is -2.50. The van der Waals surface area contributed by atoms with Crippen LogP contribution in [-0.2, 0) is 19.4 Å². The number of nitrogens with zero attached hydrogens (tertiary/aromatic N) is 1. The average Bonchev–Trinajstić information content (AvgIpc) is 3.36. The molecule has 20 heteroatoms. The first-order chi connectivity index (χ1) is 20.5. The zero-order valence-corrected chi connectivity index (χ0v) is 25.3. The molecule has 13 nitrogen and oxygen atoms in total. The van der Waals surface area contributed by atoms with E-state index in [2.05, 4.69) is 16.2 Å². The van der Waals surface area contributed by atoms with Crippen LogP contribution in [0.2, 0.25) is 0 Å². The van der Waals surface area contributed by atoms with Crippen molar-refractivity contribution in [2.24, 2.45) is 0 Å². The highest BCUT2D eigenvalue weighted by atomic mass is 32.2. The van der Waals surface area contributed by atoms with Gasteiger partial charge in [-0.25, -0.2) is 17.4 Å². The van der Waals surface area contributed by atoms with E-state index < -0.39 is 41.9 Å². The van der Waals surface area contributed by atoms with Gasteiger partial charge in [0.05, 0.1) is 31.9 Å². The molecule has 0 bridgehead atoms. The van der Waals surface area contributed by atoms with Crippen LogP contribution in [0.15, 0.2) is 40.6 Å². The van der Waals surface area contributed by atoms with E-state index >= 15 is 0 Å². The van der Waals surface area contributed by atoms with Crippen LogP contribution in [0.4, 0.5) is 17.6 Å². The lowest BCUT2D eigenvalue weighted by Gasteiger charge is -2.14. The van der Waals surface area contributed by atoms with E-state index in [9.17, 15) is 35.4 Å². The molecular weight excluding hydrogens is 659 g/mol. The molecule has 0 aliphatic rings. The molecule has 0 spiro atoms. The van der Waals surface area contributed by atoms with Gasteiger partial charge in [-0.1, -0.05) is 0 Å². The number of alkyl halides is 3. The third kappa shape index (κ3) is 11.2. The normalized spacial score (nSPS) is 12.9. The summed E-state index contributed by atoms with van der Waals surface area (Å²) in [5.74, 6) is -3.31. The number of nitriles is 1. The van der Waals surface area contributed by atoms with Gasteiger partial charge in [-0.3, -0.25) is 0 Å². The van der Waals surface area contributed by atoms with Crippen LogP contribution >= 0.6 is 18.9 Å². The van der Waals surface area contributed by atoms with Crippen molar-refractivity contribution < 1.29 is 70.8 Å². The fraction of sp³-hybridized carbons (Fsp3) is 0.333. The summed E-state index contributed by atoms with van der Waals surface area (Å²) >= 11 is 0.955. The number of ether oxygens (including phenoxy) is 2. The molecule has 3 rings (SSSR count). The van der Waals surface area contributed by atoms with E-state index in [0.717, 1.165) is 42.4 Å². The number of sulfonamides is 1. The molecule has 0 saturated heterocycles. The minimum absolute atomic E-state index is 0.0921. The zero-order valence-electron chi connectivity index (χ0n) is 22.8. The number of hydrogen-bond donors (Lipinski definition) is 4. The summed E-state index contributed by atoms with van der Waals surface area (Å²) in [7, 11) is -8.73. The van der Waals surface area contributed by atoms with Gasteiger partial charge in [0, 0.05) is 29.7 Å². The SMILES string of the molecule is N#Cc1ccc(OP(=O)(O)CNS(=O)(=O)c2cc3cc(OCCC[NH3+])c(OCCC[NH3+])cc3s2)cc1F.O=C([O-])C(F)(F)F. The largest absolute Gasteiger partial charge is 0.542 e. The van der Waals surface area contributed by atoms with E-state index in [0.29, 0.717) is 47.9 Å². The lowest BCUT2D eigenvalue weighted by molar-refractivity contribution is -0.369. The molecule has 242 valence electrons. The molecule has 3 aromatic rings. The Morgan fingerprint density at radius 1 is 1.09 bits per heavy atom. The predicted molar refractivity (Wildman–Crippen MR) is 145 cm³/mol. The quantitative estimate of drug-likeness (QED) is 0.105. The molecule has 1 atom stereocenters. The minimum Gasteiger partial charge on any atom is -0.542 e. The smallest absolute Gasteiger partial charge is 0.430 e. The number of carboxylic acid groups (broad SMARTS) is 1. The summed E-state index contributed by atoms with van der Waals surface area (Å²) in [4.78, 5) is 18.9. The average molecular weight is 688 g/mol. The van der Waals surface area contributed by atoms with E-state index in [4.69, 9.17) is 29.2 Å². The van der Waals surface area contributed by atoms with E-state index in [-0.39, 0.29) is 15.5 Å². The first-order valence-electron chi connectivity index (χ1n) is 12.4. The molecule has 8 N–H and O–H groups in total. The monoisotopic (exact) mass is 687 g/mol. The van der Waals surface area contributed by atoms with Gasteiger partial charge in [0.15, 0.2) is 11.5 Å². The maximum absolute atomic E-state index is 13.7. The van der Waals surface area contributed by atoms with Gasteiger partial charge in [0.1, 0.15) is 34.1 Å². The highest BCUT2D eigenvalue weighted by Gasteiger charge is 2.29. The van der Waals surface area contributed by atoms with Crippen molar-refractivity contribution >= 4 is 45.0 Å². The van der Waals surface area contributed by atoms with Crippen LogP contribution in [0.3, 0.4) is 0 Å². The second-order valence-electron chi connectivity index (χ2n) is 8.59. The van der Waals surface area contributed by atoms with Crippen molar-refractivity contribution in [3.05, 3.63) is 47.8 Å². The Morgan fingerprint density at radius 3 is 2.16 bits per heavy atom. The summed E-state index contributed by atoms with van der Waals surface area (Å²) in [6.07, 6.45) is -4.67. The zero-order chi connectivity index (χ0) is 33.1. The molecule has 1 heterocycles. The number of nitrogens with one attached hydrogen (secondary N) is 1. The fourth-order valence-corrected chi connectivity index (χ4v) is 6.98. The number of benzene rings is 2. The Morgan fingerprint density at radius 2 is 1.66 bits per heavy atom. The van der Waals surface area contributed by atoms with Gasteiger partial charge in [-0.2, -0.15) is 23.2 Å². The fourth-order valence-electron chi connectivity index (χ4n) is 3.03. The molecule has 44 heavy (non-hydrogen) atoms. The maximum Gasteiger partial charge on any atom is 0.430 e. The van der Waals surface area contributed by atoms with Crippen LogP contribution in [0.1, 0.15) is 18.4 Å². The summed E-state index contributed by atoms with van der Waals surface area (Å²) < 4.78 is 103. The highest BCUT2D eigenvalue weighted by Crippen LogP contribution is 2.43. The Labute approximate surface area is 252 Å². The number of quaternary nitrogens is 2. The van der Waals surface area contributed by atoms with Crippen molar-refractivity contribution in [3.63, 3.8) is 0 Å². The van der Waals surface area contributed by atoms with E-state index in [1.54, 1.807) is 18.2 Å². The molecular formula is C24H28F4N4O9PS2+. The van der Waals surface area contributed by atoms with E-state index in [1.165, 1.54) is 6.07 Å². The third-order valence-electron chi connectivity index (χ3n) is 5.12. The Bertz CT molecular complexity index is 1600. The predicted octanol–water partition coefficient (Wildman–Crippen LogP) is 0.732. The third-order valence-corrected chi connectivity index (χ3v) is 9.36. The van der Waals surface area contributed by atoms with Crippen molar-refractivity contribution in [1.82, 2.24) is 4.72 Å². The van der Waals surface area contributed by atoms with Crippen LogP contribution < -0.4 is 35.3 Å². The van der Waals surface area contributed by atoms with Gasteiger partial charge >= 0.3 is 13.8 Å². The molecule has 0 amide bonds. The number of carbonyl (C=O) groups is 1. The number of carboxylic acids is 1. The summed E-state index contributed by atoms with van der Waals surface area (Å²) in [6, 6.07) is 9.42. The number of hydrogen-bond acceptors (Lipinski definition) is 10. The standard InChI is InChI=1S/C22H26FN4O7PS2.C2HF3O2/c23-18-11-17(4-3-15(18)13-26)34-35(28,29)14-27-37(30,31)22-10-16-9-19(32-7-1-5-24)20(12-21(16)36-22)33-8-2-6-25;3-2(4,5)1(6)7/h3-4,9-12,27H,1-2,5-8,14,24-25H2,(H,28,29);(H,6,7)/p+1. The number of thiophene rings is 1. The maximum atomic E-state index is 13.7. The van der Waals surface area contributed by atoms with Crippen LogP contribution in [0.5, 0.6) is 17.2 Å². The highest BCUT2D eigenvalue weighted by molar-refractivity contribution is 7.92. The van der Waals surface area contributed by atoms with Crippen molar-refractivity contribution in [3.8, 4) is 23.3 Å². The van der Waals surface area contributed by atoms with Gasteiger partial charge in [0.25, 0.3) is 10.0 Å². The van der Waals surface area contributed by atoms with Crippen LogP contribution in [0, 0.1) is 17.1 Å². The minimum atomic E-state index is -5.19. The van der Waals surface area contributed by atoms with Crippen molar-refractivity contribution in [2.75, 3.05) is 32.6 Å². The number of carbonyl (C=O) groups excluding carboxylic acids is 1. The van der Waals surface area contributed by atoms with Gasteiger partial charge in [-0.15, -0.1) is 11.3 Å². The number of rotatable bonds is 14. The first-order valence-corrected chi connectivity index (χ1v) is 16.5. The molecule has 0 aliphatic heterocycles. The van der Waals surface area contributed by atoms with Gasteiger partial charge in [0.2, 0.25) is 0 Å². The van der Waals surface area contributed by atoms with E-state index in [1.807, 2.05) is 0 Å². The van der Waals surface area contributed by atoms with Crippen LogP contribution in [0.25, 0.3) is 10.1 Å². The number of halogens is 4. The first kappa shape index (κ1) is 36.7. The molecule has 0 saturated carbocycles. The van der Waals surface area contributed by atoms with Crippen molar-refractivity contribution in [2.45, 2.75) is 23.2 Å². The molecule has 0 aliphatic carbocycles. The lowest BCUT2D eigenvalue weighted by atomic mass is 10.2. The second-order valence-corrected chi connectivity index (χ2v) is 13.4. The van der Waals surface area contributed by atoms with Crippen LogP contribution in [-0.4, -0.2) is 58.0 Å². The summed E-state index contributed by atoms with van der Waals surface area (Å²) in [5.41, 5.74) is 7.30. The topological polar surface area (TPSA) is 230 Å². The Balaban J connectivity index is 0.000000860. The van der Waals surface area contributed by atoms with Crippen molar-refractivity contribution in [1.29, 1.82) is 5.26 Å². The molecule has 0 fully saturated rings. The molecule has 0 radical (unpaired) electrons. The number of fused-ring (bicyclic) bond motifs is 1. The van der Waals surface area contributed by atoms with Gasteiger partial charge in [-0.05, 0) is 29.7 Å². The molecule has 1 unspecified atom stereocenters. The number of aliphatic carboxylic acids is 1. The second kappa shape index (κ2) is 16.0. The Kier molecular flexibility index (Phi) is 13.3. The Hall–Kier alpha value is -3.50. The molecule has 2 aromatic carbocycles. The summed E-state index contributed by atoms with van der Waals surface area (Å²) in [5, 5.41) is 18.2. The summed E-state index contributed by atoms with van der Waals surface area (Å²) in [6.45, 7) is 2.25. The van der Waals surface area contributed by atoms with Gasteiger partial charge < -0.3 is 40.3 Å².